The average Bonchev–Trinajstić information content (AvgIpc) is 2.37. The summed E-state index contributed by atoms with van der Waals surface area (Å²) in [5.74, 6) is 0.544. The fraction of sp³-hybridized carbons (Fsp3) is 0.231. The van der Waals surface area contributed by atoms with E-state index in [4.69, 9.17) is 4.74 Å². The fourth-order valence-corrected chi connectivity index (χ4v) is 1.95. The highest BCUT2D eigenvalue weighted by Crippen LogP contribution is 2.14. The summed E-state index contributed by atoms with van der Waals surface area (Å²) < 4.78 is 6.65. The van der Waals surface area contributed by atoms with E-state index in [1.807, 2.05) is 31.3 Å². The van der Waals surface area contributed by atoms with Crippen molar-refractivity contribution in [3.05, 3.63) is 52.4 Å². The third kappa shape index (κ3) is 3.78. The van der Waals surface area contributed by atoms with Crippen LogP contribution < -0.4 is 10.1 Å². The number of hydrogen-bond acceptors (Lipinski definition) is 4. The van der Waals surface area contributed by atoms with E-state index in [1.165, 1.54) is 0 Å². The summed E-state index contributed by atoms with van der Waals surface area (Å²) in [4.78, 5) is 8.44. The van der Waals surface area contributed by atoms with Crippen LogP contribution in [0.2, 0.25) is 0 Å². The second-order valence-electron chi connectivity index (χ2n) is 3.80. The highest BCUT2D eigenvalue weighted by Gasteiger charge is 2.00. The maximum atomic E-state index is 5.61. The number of ether oxygens (including phenoxy) is 1. The van der Waals surface area contributed by atoms with Crippen LogP contribution in [0.5, 0.6) is 5.88 Å². The van der Waals surface area contributed by atoms with Crippen molar-refractivity contribution in [2.75, 3.05) is 7.05 Å². The zero-order valence-electron chi connectivity index (χ0n) is 10.1. The lowest BCUT2D eigenvalue weighted by atomic mass is 10.2. The zero-order chi connectivity index (χ0) is 12.8. The second kappa shape index (κ2) is 6.47. The van der Waals surface area contributed by atoms with Gasteiger partial charge in [0.2, 0.25) is 5.88 Å². The van der Waals surface area contributed by atoms with Crippen LogP contribution in [0.3, 0.4) is 0 Å². The molecule has 4 nitrogen and oxygen atoms in total. The van der Waals surface area contributed by atoms with E-state index in [-0.39, 0.29) is 0 Å². The van der Waals surface area contributed by atoms with Gasteiger partial charge in [0, 0.05) is 17.2 Å². The van der Waals surface area contributed by atoms with Crippen LogP contribution in [0.1, 0.15) is 11.3 Å². The van der Waals surface area contributed by atoms with E-state index >= 15 is 0 Å². The molecular weight excluding hydrogens is 294 g/mol. The van der Waals surface area contributed by atoms with E-state index < -0.39 is 0 Å². The molecule has 0 aliphatic heterocycles. The first-order chi connectivity index (χ1) is 8.78. The smallest absolute Gasteiger partial charge is 0.232 e. The quantitative estimate of drug-likeness (QED) is 0.922. The van der Waals surface area contributed by atoms with Crippen LogP contribution in [0, 0.1) is 0 Å². The molecule has 0 bridgehead atoms. The molecule has 0 amide bonds. The summed E-state index contributed by atoms with van der Waals surface area (Å²) in [5, 5.41) is 3.03. The molecule has 0 aliphatic rings. The van der Waals surface area contributed by atoms with E-state index in [0.717, 1.165) is 15.7 Å². The molecule has 0 spiro atoms. The number of hydrogen-bond donors (Lipinski definition) is 1. The van der Waals surface area contributed by atoms with Crippen LogP contribution in [0.4, 0.5) is 0 Å². The summed E-state index contributed by atoms with van der Waals surface area (Å²) in [7, 11) is 1.87. The molecule has 0 atom stereocenters. The van der Waals surface area contributed by atoms with Crippen LogP contribution in [-0.4, -0.2) is 17.0 Å². The maximum Gasteiger partial charge on any atom is 0.232 e. The Kier molecular flexibility index (Phi) is 4.66. The fourth-order valence-electron chi connectivity index (χ4n) is 1.51. The molecule has 0 aliphatic carbocycles. The Hall–Kier alpha value is -1.46. The van der Waals surface area contributed by atoms with Gasteiger partial charge in [-0.3, -0.25) is 4.98 Å². The van der Waals surface area contributed by atoms with Gasteiger partial charge >= 0.3 is 0 Å². The van der Waals surface area contributed by atoms with Gasteiger partial charge in [-0.15, -0.1) is 0 Å². The SMILES string of the molecule is CNCc1cncc(OCc2cccc(Br)c2)n1. The van der Waals surface area contributed by atoms with Crippen molar-refractivity contribution in [3.63, 3.8) is 0 Å². The lowest BCUT2D eigenvalue weighted by molar-refractivity contribution is 0.291. The van der Waals surface area contributed by atoms with Gasteiger partial charge in [0.05, 0.1) is 11.9 Å². The molecule has 1 heterocycles. The van der Waals surface area contributed by atoms with Gasteiger partial charge in [-0.25, -0.2) is 4.98 Å². The van der Waals surface area contributed by atoms with E-state index in [0.29, 0.717) is 19.0 Å². The van der Waals surface area contributed by atoms with Crippen molar-refractivity contribution in [3.8, 4) is 5.88 Å². The van der Waals surface area contributed by atoms with Crippen LogP contribution in [0.15, 0.2) is 41.1 Å². The minimum atomic E-state index is 0.483. The van der Waals surface area contributed by atoms with Crippen molar-refractivity contribution in [2.45, 2.75) is 13.2 Å². The van der Waals surface area contributed by atoms with Gasteiger partial charge in [0.15, 0.2) is 0 Å². The molecule has 0 radical (unpaired) electrons. The maximum absolute atomic E-state index is 5.61. The van der Waals surface area contributed by atoms with Crippen molar-refractivity contribution in [1.29, 1.82) is 0 Å². The van der Waals surface area contributed by atoms with Crippen LogP contribution in [0.25, 0.3) is 0 Å². The summed E-state index contributed by atoms with van der Waals surface area (Å²) in [6, 6.07) is 7.99. The molecule has 18 heavy (non-hydrogen) atoms. The van der Waals surface area contributed by atoms with Crippen molar-refractivity contribution >= 4 is 15.9 Å². The largest absolute Gasteiger partial charge is 0.472 e. The Morgan fingerprint density at radius 1 is 1.33 bits per heavy atom. The number of benzene rings is 1. The molecule has 1 aromatic carbocycles. The summed E-state index contributed by atoms with van der Waals surface area (Å²) in [5.41, 5.74) is 1.95. The molecule has 0 unspecified atom stereocenters. The van der Waals surface area contributed by atoms with E-state index in [2.05, 4.69) is 31.2 Å². The molecule has 5 heteroatoms. The molecule has 1 N–H and O–H groups in total. The van der Waals surface area contributed by atoms with Gasteiger partial charge in [0.1, 0.15) is 6.61 Å². The normalized spacial score (nSPS) is 10.3. The standard InChI is InChI=1S/C13H14BrN3O/c1-15-6-12-7-16-8-13(17-12)18-9-10-3-2-4-11(14)5-10/h2-5,7-8,15H,6,9H2,1H3. The van der Waals surface area contributed by atoms with E-state index in [9.17, 15) is 0 Å². The Labute approximate surface area is 115 Å². The third-order valence-corrected chi connectivity index (χ3v) is 2.79. The number of halogens is 1. The highest BCUT2D eigenvalue weighted by molar-refractivity contribution is 9.10. The molecule has 0 saturated carbocycles. The van der Waals surface area contributed by atoms with Crippen molar-refractivity contribution in [1.82, 2.24) is 15.3 Å². The summed E-state index contributed by atoms with van der Waals surface area (Å²) >= 11 is 3.43. The van der Waals surface area contributed by atoms with E-state index in [1.54, 1.807) is 12.4 Å². The van der Waals surface area contributed by atoms with Crippen LogP contribution in [-0.2, 0) is 13.2 Å². The topological polar surface area (TPSA) is 47.0 Å². The van der Waals surface area contributed by atoms with Crippen LogP contribution >= 0.6 is 15.9 Å². The van der Waals surface area contributed by atoms with Gasteiger partial charge in [0.25, 0.3) is 0 Å². The minimum Gasteiger partial charge on any atom is -0.472 e. The summed E-state index contributed by atoms with van der Waals surface area (Å²) in [6.45, 7) is 1.16. The lowest BCUT2D eigenvalue weighted by Gasteiger charge is -2.06. The van der Waals surface area contributed by atoms with Crippen molar-refractivity contribution in [2.24, 2.45) is 0 Å². The highest BCUT2D eigenvalue weighted by atomic mass is 79.9. The molecule has 0 fully saturated rings. The first kappa shape index (κ1) is 13.0. The Balaban J connectivity index is 1.99. The predicted octanol–water partition coefficient (Wildman–Crippen LogP) is 2.54. The first-order valence-electron chi connectivity index (χ1n) is 5.60. The Morgan fingerprint density at radius 2 is 2.22 bits per heavy atom. The van der Waals surface area contributed by atoms with Crippen molar-refractivity contribution < 1.29 is 4.74 Å². The Morgan fingerprint density at radius 3 is 3.00 bits per heavy atom. The average molecular weight is 308 g/mol. The number of aromatic nitrogens is 2. The first-order valence-corrected chi connectivity index (χ1v) is 6.40. The number of rotatable bonds is 5. The van der Waals surface area contributed by atoms with Gasteiger partial charge in [-0.1, -0.05) is 28.1 Å². The third-order valence-electron chi connectivity index (χ3n) is 2.30. The molecule has 94 valence electrons. The van der Waals surface area contributed by atoms with Gasteiger partial charge in [-0.05, 0) is 24.7 Å². The zero-order valence-corrected chi connectivity index (χ0v) is 11.6. The number of nitrogens with zero attached hydrogens (tertiary/aromatic N) is 2. The predicted molar refractivity (Wildman–Crippen MR) is 73.3 cm³/mol. The van der Waals surface area contributed by atoms with Gasteiger partial charge < -0.3 is 10.1 Å². The minimum absolute atomic E-state index is 0.483. The Bertz CT molecular complexity index is 519. The molecule has 2 rings (SSSR count). The molecular formula is C13H14BrN3O. The monoisotopic (exact) mass is 307 g/mol. The van der Waals surface area contributed by atoms with Gasteiger partial charge in [-0.2, -0.15) is 0 Å². The summed E-state index contributed by atoms with van der Waals surface area (Å²) in [6.07, 6.45) is 3.35. The second-order valence-corrected chi connectivity index (χ2v) is 4.71. The molecule has 2 aromatic rings. The molecule has 1 aromatic heterocycles. The number of nitrogens with one attached hydrogen (secondary N) is 1. The lowest BCUT2D eigenvalue weighted by Crippen LogP contribution is -2.08. The molecule has 0 saturated heterocycles.